The summed E-state index contributed by atoms with van der Waals surface area (Å²) in [6, 6.07) is 8.29. The van der Waals surface area contributed by atoms with Crippen LogP contribution in [0.15, 0.2) is 48.7 Å². The van der Waals surface area contributed by atoms with Crippen LogP contribution in [0.5, 0.6) is 5.75 Å². The molecule has 0 spiro atoms. The van der Waals surface area contributed by atoms with Crippen LogP contribution in [0.25, 0.3) is 16.9 Å². The molecule has 2 aromatic carbocycles. The molecule has 3 heterocycles. The lowest BCUT2D eigenvalue weighted by Gasteiger charge is -2.43. The summed E-state index contributed by atoms with van der Waals surface area (Å²) in [6.45, 7) is 3.21. The number of benzene rings is 2. The molecule has 1 fully saturated rings. The first-order valence-corrected chi connectivity index (χ1v) is 13.1. The SMILES string of the molecule is COc1ccc(-c2nc3c(C(=O)N4CCN([C@H](CO)c5ccc(F)cc5F)C[C@H]4C)cnn3c(C(F)(F)F)c2C)cc1. The minimum Gasteiger partial charge on any atom is -0.497 e. The van der Waals surface area contributed by atoms with Crippen molar-refractivity contribution >= 4 is 11.6 Å². The number of nitrogens with zero attached hydrogens (tertiary/aromatic N) is 5. The van der Waals surface area contributed by atoms with Crippen molar-refractivity contribution in [2.24, 2.45) is 0 Å². The van der Waals surface area contributed by atoms with Crippen molar-refractivity contribution in [3.63, 3.8) is 0 Å². The summed E-state index contributed by atoms with van der Waals surface area (Å²) in [6.07, 6.45) is -3.70. The third kappa shape index (κ3) is 5.29. The lowest BCUT2D eigenvalue weighted by molar-refractivity contribution is -0.143. The fourth-order valence-corrected chi connectivity index (χ4v) is 5.50. The molecular weight excluding hydrogens is 561 g/mol. The molecule has 1 amide bonds. The van der Waals surface area contributed by atoms with Crippen LogP contribution < -0.4 is 4.74 Å². The summed E-state index contributed by atoms with van der Waals surface area (Å²) >= 11 is 0. The van der Waals surface area contributed by atoms with Crippen molar-refractivity contribution in [3.8, 4) is 17.0 Å². The number of hydrogen-bond acceptors (Lipinski definition) is 6. The molecule has 13 heteroatoms. The van der Waals surface area contributed by atoms with Gasteiger partial charge in [0.15, 0.2) is 11.3 Å². The largest absolute Gasteiger partial charge is 0.497 e. The van der Waals surface area contributed by atoms with E-state index in [-0.39, 0.29) is 47.7 Å². The van der Waals surface area contributed by atoms with Crippen LogP contribution in [-0.4, -0.2) is 74.8 Å². The van der Waals surface area contributed by atoms with E-state index in [0.717, 1.165) is 18.3 Å². The molecule has 1 saturated heterocycles. The number of aromatic nitrogens is 3. The molecule has 0 saturated carbocycles. The summed E-state index contributed by atoms with van der Waals surface area (Å²) in [4.78, 5) is 21.5. The number of ether oxygens (including phenoxy) is 1. The van der Waals surface area contributed by atoms with Crippen molar-refractivity contribution in [2.75, 3.05) is 33.4 Å². The molecule has 2 atom stereocenters. The number of aliphatic hydroxyl groups excluding tert-OH is 1. The van der Waals surface area contributed by atoms with Gasteiger partial charge in [-0.05, 0) is 44.2 Å². The Kier molecular flexibility index (Phi) is 7.90. The van der Waals surface area contributed by atoms with Crippen LogP contribution in [0.2, 0.25) is 0 Å². The summed E-state index contributed by atoms with van der Waals surface area (Å²) in [7, 11) is 1.47. The van der Waals surface area contributed by atoms with Crippen molar-refractivity contribution in [2.45, 2.75) is 32.1 Å². The first-order chi connectivity index (χ1) is 19.9. The number of aliphatic hydroxyl groups is 1. The van der Waals surface area contributed by atoms with E-state index in [1.165, 1.54) is 25.0 Å². The minimum absolute atomic E-state index is 0.0528. The highest BCUT2D eigenvalue weighted by Crippen LogP contribution is 2.37. The average molecular weight is 590 g/mol. The Morgan fingerprint density at radius 1 is 1.14 bits per heavy atom. The molecule has 1 N–H and O–H groups in total. The number of alkyl halides is 3. The third-order valence-corrected chi connectivity index (χ3v) is 7.60. The molecule has 0 radical (unpaired) electrons. The van der Waals surface area contributed by atoms with Gasteiger partial charge in [0.25, 0.3) is 5.91 Å². The van der Waals surface area contributed by atoms with Crippen LogP contribution >= 0.6 is 0 Å². The number of halogens is 5. The molecule has 2 aromatic heterocycles. The van der Waals surface area contributed by atoms with Crippen molar-refractivity contribution in [1.82, 2.24) is 24.4 Å². The molecule has 0 aliphatic carbocycles. The maximum Gasteiger partial charge on any atom is 0.433 e. The summed E-state index contributed by atoms with van der Waals surface area (Å²) in [5, 5.41) is 13.9. The Bertz CT molecular complexity index is 1620. The summed E-state index contributed by atoms with van der Waals surface area (Å²) in [5.74, 6) is -1.57. The smallest absolute Gasteiger partial charge is 0.433 e. The van der Waals surface area contributed by atoms with Gasteiger partial charge in [-0.3, -0.25) is 9.69 Å². The standard InChI is InChI=1S/C29H28F5N5O3/c1-16-14-37(24(15-40)21-9-6-19(30)12-23(21)31)10-11-38(16)28(41)22-13-35-39-26(29(32,33)34)17(2)25(36-27(22)39)18-4-7-20(42-3)8-5-18/h4-9,12-13,16,24,40H,10-11,14-15H2,1-3H3/t16-,24-/m1/s1. The van der Waals surface area contributed by atoms with E-state index in [1.807, 2.05) is 0 Å². The number of methoxy groups -OCH3 is 1. The highest BCUT2D eigenvalue weighted by molar-refractivity contribution is 6.00. The predicted octanol–water partition coefficient (Wildman–Crippen LogP) is 4.89. The van der Waals surface area contributed by atoms with E-state index < -0.39 is 48.1 Å². The van der Waals surface area contributed by atoms with Crippen molar-refractivity contribution < 1.29 is 36.6 Å². The number of carbonyl (C=O) groups is 1. The molecule has 1 aliphatic rings. The Morgan fingerprint density at radius 3 is 2.45 bits per heavy atom. The number of fused-ring (bicyclic) bond motifs is 1. The molecule has 0 bridgehead atoms. The van der Waals surface area contributed by atoms with E-state index in [4.69, 9.17) is 4.74 Å². The van der Waals surface area contributed by atoms with Crippen LogP contribution in [-0.2, 0) is 6.18 Å². The Hall–Kier alpha value is -4.10. The van der Waals surface area contributed by atoms with Gasteiger partial charge in [-0.1, -0.05) is 6.07 Å². The van der Waals surface area contributed by atoms with Gasteiger partial charge < -0.3 is 14.7 Å². The average Bonchev–Trinajstić information content (AvgIpc) is 3.36. The van der Waals surface area contributed by atoms with E-state index in [9.17, 15) is 31.9 Å². The molecule has 0 unspecified atom stereocenters. The van der Waals surface area contributed by atoms with E-state index in [2.05, 4.69) is 10.1 Å². The van der Waals surface area contributed by atoms with Crippen LogP contribution in [0.3, 0.4) is 0 Å². The Balaban J connectivity index is 1.48. The zero-order chi connectivity index (χ0) is 30.3. The lowest BCUT2D eigenvalue weighted by atomic mass is 10.0. The molecule has 222 valence electrons. The van der Waals surface area contributed by atoms with E-state index >= 15 is 0 Å². The fraction of sp³-hybridized carbons (Fsp3) is 0.345. The van der Waals surface area contributed by atoms with Crippen molar-refractivity contribution in [1.29, 1.82) is 0 Å². The maximum absolute atomic E-state index is 14.5. The molecule has 5 rings (SSSR count). The highest BCUT2D eigenvalue weighted by Gasteiger charge is 2.40. The van der Waals surface area contributed by atoms with Gasteiger partial charge in [-0.25, -0.2) is 18.3 Å². The zero-order valence-electron chi connectivity index (χ0n) is 23.0. The topological polar surface area (TPSA) is 83.2 Å². The highest BCUT2D eigenvalue weighted by atomic mass is 19.4. The Labute approximate surface area is 237 Å². The number of amides is 1. The number of rotatable bonds is 6. The normalized spacial score (nSPS) is 17.1. The van der Waals surface area contributed by atoms with Gasteiger partial charge in [0.1, 0.15) is 22.9 Å². The molecular formula is C29H28F5N5O3. The molecule has 4 aromatic rings. The maximum atomic E-state index is 14.5. The van der Waals surface area contributed by atoms with Crippen LogP contribution in [0.4, 0.5) is 22.0 Å². The molecule has 1 aliphatic heterocycles. The van der Waals surface area contributed by atoms with Gasteiger partial charge in [0.2, 0.25) is 0 Å². The van der Waals surface area contributed by atoms with Gasteiger partial charge in [-0.15, -0.1) is 0 Å². The summed E-state index contributed by atoms with van der Waals surface area (Å²) in [5.41, 5.74) is -0.935. The lowest BCUT2D eigenvalue weighted by Crippen LogP contribution is -2.55. The van der Waals surface area contributed by atoms with Crippen LogP contribution in [0.1, 0.15) is 40.1 Å². The number of piperazine rings is 1. The first kappa shape index (κ1) is 29.4. The van der Waals surface area contributed by atoms with Crippen LogP contribution in [0, 0.1) is 18.6 Å². The monoisotopic (exact) mass is 589 g/mol. The zero-order valence-corrected chi connectivity index (χ0v) is 23.0. The van der Waals surface area contributed by atoms with E-state index in [0.29, 0.717) is 15.8 Å². The van der Waals surface area contributed by atoms with Gasteiger partial charge in [-0.2, -0.15) is 18.3 Å². The minimum atomic E-state index is -4.79. The van der Waals surface area contributed by atoms with E-state index in [1.54, 1.807) is 36.1 Å². The number of carbonyl (C=O) groups excluding carboxylic acids is 1. The van der Waals surface area contributed by atoms with Gasteiger partial charge in [0.05, 0.1) is 31.6 Å². The predicted molar refractivity (Wildman–Crippen MR) is 143 cm³/mol. The number of hydrogen-bond donors (Lipinski definition) is 1. The van der Waals surface area contributed by atoms with Gasteiger partial charge in [0, 0.05) is 48.4 Å². The van der Waals surface area contributed by atoms with Gasteiger partial charge >= 0.3 is 6.18 Å². The first-order valence-electron chi connectivity index (χ1n) is 13.1. The summed E-state index contributed by atoms with van der Waals surface area (Å²) < 4.78 is 76.6. The fourth-order valence-electron chi connectivity index (χ4n) is 5.50. The second-order valence-electron chi connectivity index (χ2n) is 10.2. The second-order valence-corrected chi connectivity index (χ2v) is 10.2. The Morgan fingerprint density at radius 2 is 1.86 bits per heavy atom. The molecule has 42 heavy (non-hydrogen) atoms. The third-order valence-electron chi connectivity index (χ3n) is 7.60. The molecule has 8 nitrogen and oxygen atoms in total. The van der Waals surface area contributed by atoms with Crippen molar-refractivity contribution in [3.05, 3.63) is 82.7 Å². The second kappa shape index (κ2) is 11.3. The quantitative estimate of drug-likeness (QED) is 0.323.